The molecule has 2 aromatic carbocycles. The number of alkyl halides is 3. The summed E-state index contributed by atoms with van der Waals surface area (Å²) in [4.78, 5) is 8.54. The number of benzene rings is 2. The molecule has 3 aromatic rings. The summed E-state index contributed by atoms with van der Waals surface area (Å²) in [5, 5.41) is 12.8. The number of hydrogen-bond donors (Lipinski definition) is 2. The molecular formula is C20H18F3N3O. The third-order valence-corrected chi connectivity index (χ3v) is 4.10. The van der Waals surface area contributed by atoms with E-state index in [1.165, 1.54) is 12.1 Å². The lowest BCUT2D eigenvalue weighted by molar-refractivity contribution is -0.137. The van der Waals surface area contributed by atoms with Gasteiger partial charge in [-0.25, -0.2) is 9.97 Å². The first-order valence-corrected chi connectivity index (χ1v) is 8.36. The van der Waals surface area contributed by atoms with Gasteiger partial charge in [0.15, 0.2) is 5.82 Å². The summed E-state index contributed by atoms with van der Waals surface area (Å²) in [5.74, 6) is 0.350. The number of rotatable bonds is 6. The van der Waals surface area contributed by atoms with E-state index in [9.17, 15) is 18.3 Å². The van der Waals surface area contributed by atoms with Gasteiger partial charge in [0.25, 0.3) is 0 Å². The number of hydrogen-bond acceptors (Lipinski definition) is 4. The van der Waals surface area contributed by atoms with Crippen LogP contribution in [0.15, 0.2) is 66.9 Å². The van der Waals surface area contributed by atoms with E-state index in [4.69, 9.17) is 0 Å². The van der Waals surface area contributed by atoms with E-state index in [-0.39, 0.29) is 12.6 Å². The first-order valence-electron chi connectivity index (χ1n) is 8.36. The van der Waals surface area contributed by atoms with Crippen molar-refractivity contribution in [3.63, 3.8) is 0 Å². The number of aromatic nitrogens is 2. The highest BCUT2D eigenvalue weighted by molar-refractivity contribution is 5.55. The summed E-state index contributed by atoms with van der Waals surface area (Å²) < 4.78 is 38.0. The zero-order chi connectivity index (χ0) is 19.3. The lowest BCUT2D eigenvalue weighted by Crippen LogP contribution is -2.24. The maximum Gasteiger partial charge on any atom is 0.416 e. The van der Waals surface area contributed by atoms with Crippen molar-refractivity contribution in [3.8, 4) is 11.4 Å². The Morgan fingerprint density at radius 3 is 2.30 bits per heavy atom. The Labute approximate surface area is 154 Å². The smallest absolute Gasteiger partial charge is 0.394 e. The molecule has 3 rings (SSSR count). The van der Waals surface area contributed by atoms with Gasteiger partial charge in [-0.3, -0.25) is 0 Å². The largest absolute Gasteiger partial charge is 0.416 e. The predicted molar refractivity (Wildman–Crippen MR) is 95.6 cm³/mol. The van der Waals surface area contributed by atoms with E-state index >= 15 is 0 Å². The molecule has 0 saturated heterocycles. The van der Waals surface area contributed by atoms with Crippen LogP contribution in [0.5, 0.6) is 0 Å². The molecule has 140 valence electrons. The van der Waals surface area contributed by atoms with Crippen molar-refractivity contribution in [1.29, 1.82) is 0 Å². The molecular weight excluding hydrogens is 355 g/mol. The molecule has 0 aliphatic rings. The van der Waals surface area contributed by atoms with E-state index in [0.717, 1.165) is 17.7 Å². The van der Waals surface area contributed by atoms with Crippen LogP contribution in [-0.2, 0) is 12.7 Å². The third-order valence-electron chi connectivity index (χ3n) is 4.10. The number of aliphatic hydroxyl groups excluding tert-OH is 1. The zero-order valence-corrected chi connectivity index (χ0v) is 14.3. The fourth-order valence-corrected chi connectivity index (χ4v) is 2.64. The van der Waals surface area contributed by atoms with E-state index in [1.54, 1.807) is 12.3 Å². The molecule has 0 fully saturated rings. The van der Waals surface area contributed by atoms with Crippen LogP contribution < -0.4 is 5.32 Å². The van der Waals surface area contributed by atoms with Crippen molar-refractivity contribution >= 4 is 0 Å². The van der Waals surface area contributed by atoms with Gasteiger partial charge in [-0.1, -0.05) is 42.5 Å². The van der Waals surface area contributed by atoms with Crippen molar-refractivity contribution in [2.24, 2.45) is 0 Å². The average molecular weight is 373 g/mol. The molecule has 0 radical (unpaired) electrons. The summed E-state index contributed by atoms with van der Waals surface area (Å²) in [5.41, 5.74) is 1.43. The quantitative estimate of drug-likeness (QED) is 0.686. The SMILES string of the molecule is OC[C@@H](NCc1ccnc(-c2ccc(C(F)(F)F)cc2)n1)c1ccccc1. The maximum absolute atomic E-state index is 12.7. The minimum Gasteiger partial charge on any atom is -0.394 e. The number of aliphatic hydroxyl groups is 1. The van der Waals surface area contributed by atoms with Crippen LogP contribution in [0, 0.1) is 0 Å². The molecule has 7 heteroatoms. The van der Waals surface area contributed by atoms with E-state index in [2.05, 4.69) is 15.3 Å². The fourth-order valence-electron chi connectivity index (χ4n) is 2.64. The van der Waals surface area contributed by atoms with Crippen LogP contribution >= 0.6 is 0 Å². The third kappa shape index (κ3) is 4.90. The molecule has 4 nitrogen and oxygen atoms in total. The molecule has 1 aromatic heterocycles. The molecule has 0 aliphatic carbocycles. The number of halogens is 3. The summed E-state index contributed by atoms with van der Waals surface area (Å²) >= 11 is 0. The Bertz CT molecular complexity index is 868. The van der Waals surface area contributed by atoms with Crippen LogP contribution in [-0.4, -0.2) is 21.7 Å². The second-order valence-corrected chi connectivity index (χ2v) is 5.97. The number of nitrogens with zero attached hydrogens (tertiary/aromatic N) is 2. The second-order valence-electron chi connectivity index (χ2n) is 5.97. The van der Waals surface area contributed by atoms with Crippen LogP contribution in [0.1, 0.15) is 22.9 Å². The topological polar surface area (TPSA) is 58.0 Å². The molecule has 0 amide bonds. The van der Waals surface area contributed by atoms with Crippen molar-refractivity contribution in [1.82, 2.24) is 15.3 Å². The fraction of sp³-hybridized carbons (Fsp3) is 0.200. The molecule has 0 bridgehead atoms. The highest BCUT2D eigenvalue weighted by Crippen LogP contribution is 2.30. The van der Waals surface area contributed by atoms with Gasteiger partial charge in [0, 0.05) is 18.3 Å². The monoisotopic (exact) mass is 373 g/mol. The Balaban J connectivity index is 1.72. The molecule has 1 heterocycles. The average Bonchev–Trinajstić information content (AvgIpc) is 2.69. The van der Waals surface area contributed by atoms with Gasteiger partial charge >= 0.3 is 6.18 Å². The van der Waals surface area contributed by atoms with Crippen LogP contribution in [0.2, 0.25) is 0 Å². The Morgan fingerprint density at radius 1 is 0.963 bits per heavy atom. The van der Waals surface area contributed by atoms with Crippen LogP contribution in [0.25, 0.3) is 11.4 Å². The lowest BCUT2D eigenvalue weighted by atomic mass is 10.1. The Morgan fingerprint density at radius 2 is 1.67 bits per heavy atom. The van der Waals surface area contributed by atoms with Gasteiger partial charge in [0.1, 0.15) is 0 Å². The zero-order valence-electron chi connectivity index (χ0n) is 14.3. The minimum atomic E-state index is -4.37. The van der Waals surface area contributed by atoms with Gasteiger partial charge in [0.05, 0.1) is 23.9 Å². The van der Waals surface area contributed by atoms with Crippen molar-refractivity contribution in [2.75, 3.05) is 6.61 Å². The van der Waals surface area contributed by atoms with Crippen LogP contribution in [0.4, 0.5) is 13.2 Å². The summed E-state index contributed by atoms with van der Waals surface area (Å²) in [6.07, 6.45) is -2.81. The molecule has 0 unspecified atom stereocenters. The Kier molecular flexibility index (Phi) is 5.83. The summed E-state index contributed by atoms with van der Waals surface area (Å²) in [7, 11) is 0. The van der Waals surface area contributed by atoms with E-state index < -0.39 is 11.7 Å². The molecule has 0 saturated carbocycles. The molecule has 27 heavy (non-hydrogen) atoms. The van der Waals surface area contributed by atoms with Gasteiger partial charge in [-0.2, -0.15) is 13.2 Å². The van der Waals surface area contributed by atoms with Gasteiger partial charge in [-0.15, -0.1) is 0 Å². The lowest BCUT2D eigenvalue weighted by Gasteiger charge is -2.16. The molecule has 1 atom stereocenters. The van der Waals surface area contributed by atoms with Gasteiger partial charge in [0.2, 0.25) is 0 Å². The van der Waals surface area contributed by atoms with Gasteiger partial charge < -0.3 is 10.4 Å². The summed E-state index contributed by atoms with van der Waals surface area (Å²) in [6.45, 7) is 0.317. The van der Waals surface area contributed by atoms with Crippen molar-refractivity contribution in [3.05, 3.63) is 83.7 Å². The second kappa shape index (κ2) is 8.28. The normalized spacial score (nSPS) is 12.7. The van der Waals surface area contributed by atoms with Gasteiger partial charge in [-0.05, 0) is 23.8 Å². The van der Waals surface area contributed by atoms with Crippen molar-refractivity contribution in [2.45, 2.75) is 18.8 Å². The molecule has 2 N–H and O–H groups in total. The minimum absolute atomic E-state index is 0.0686. The predicted octanol–water partition coefficient (Wildman–Crippen LogP) is 3.99. The maximum atomic E-state index is 12.7. The van der Waals surface area contributed by atoms with Crippen LogP contribution in [0.3, 0.4) is 0 Å². The first kappa shape index (κ1) is 19.0. The number of nitrogens with one attached hydrogen (secondary N) is 1. The first-order chi connectivity index (χ1) is 13.0. The standard InChI is InChI=1S/C20H18F3N3O/c21-20(22,23)16-8-6-15(7-9-16)19-24-11-10-17(26-19)12-25-18(13-27)14-4-2-1-3-5-14/h1-11,18,25,27H,12-13H2/t18-/m1/s1. The Hall–Kier alpha value is -2.77. The van der Waals surface area contributed by atoms with E-state index in [1.807, 2.05) is 30.3 Å². The summed E-state index contributed by atoms with van der Waals surface area (Å²) in [6, 6.07) is 15.8. The molecule has 0 aliphatic heterocycles. The highest BCUT2D eigenvalue weighted by atomic mass is 19.4. The highest BCUT2D eigenvalue weighted by Gasteiger charge is 2.30. The molecule has 0 spiro atoms. The van der Waals surface area contributed by atoms with Crippen molar-refractivity contribution < 1.29 is 18.3 Å². The van der Waals surface area contributed by atoms with E-state index in [0.29, 0.717) is 23.6 Å².